The predicted octanol–water partition coefficient (Wildman–Crippen LogP) is 2.75. The molecule has 30 heavy (non-hydrogen) atoms. The molecule has 1 amide bonds. The third-order valence-corrected chi connectivity index (χ3v) is 5.61. The first-order valence-electron chi connectivity index (χ1n) is 10.5. The maximum atomic E-state index is 13.0. The Hall–Kier alpha value is -2.96. The Kier molecular flexibility index (Phi) is 6.57. The highest BCUT2D eigenvalue weighted by Crippen LogP contribution is 2.18. The summed E-state index contributed by atoms with van der Waals surface area (Å²) in [4.78, 5) is 15.3. The van der Waals surface area contributed by atoms with Crippen molar-refractivity contribution in [3.8, 4) is 0 Å². The van der Waals surface area contributed by atoms with Crippen molar-refractivity contribution in [1.82, 2.24) is 20.0 Å². The van der Waals surface area contributed by atoms with E-state index in [2.05, 4.69) is 39.6 Å². The van der Waals surface area contributed by atoms with Crippen LogP contribution in [0.3, 0.4) is 0 Å². The number of nitrogens with zero attached hydrogens (tertiary/aromatic N) is 3. The van der Waals surface area contributed by atoms with E-state index >= 15 is 0 Å². The highest BCUT2D eigenvalue weighted by atomic mass is 16.3. The number of carbonyl (C=O) groups is 1. The van der Waals surface area contributed by atoms with Crippen LogP contribution in [0, 0.1) is 0 Å². The van der Waals surface area contributed by atoms with E-state index in [9.17, 15) is 9.90 Å². The van der Waals surface area contributed by atoms with E-state index in [-0.39, 0.29) is 12.0 Å². The number of piperidine rings is 1. The lowest BCUT2D eigenvalue weighted by Crippen LogP contribution is -2.35. The van der Waals surface area contributed by atoms with E-state index in [1.165, 1.54) is 5.56 Å². The summed E-state index contributed by atoms with van der Waals surface area (Å²) in [6.45, 7) is 3.24. The maximum Gasteiger partial charge on any atom is 0.249 e. The van der Waals surface area contributed by atoms with Gasteiger partial charge in [-0.25, -0.2) is 0 Å². The van der Waals surface area contributed by atoms with E-state index in [4.69, 9.17) is 0 Å². The molecule has 0 bridgehead atoms. The van der Waals surface area contributed by atoms with Gasteiger partial charge in [0.15, 0.2) is 6.04 Å². The van der Waals surface area contributed by atoms with Crippen molar-refractivity contribution in [2.45, 2.75) is 38.1 Å². The Labute approximate surface area is 177 Å². The van der Waals surface area contributed by atoms with Gasteiger partial charge in [0.25, 0.3) is 0 Å². The molecule has 6 heteroatoms. The summed E-state index contributed by atoms with van der Waals surface area (Å²) in [5.41, 5.74) is 3.22. The Balaban J connectivity index is 1.35. The smallest absolute Gasteiger partial charge is 0.249 e. The summed E-state index contributed by atoms with van der Waals surface area (Å²) < 4.78 is 1.68. The molecule has 1 fully saturated rings. The molecule has 3 aromatic rings. The lowest BCUT2D eigenvalue weighted by molar-refractivity contribution is -0.123. The lowest BCUT2D eigenvalue weighted by Gasteiger charge is -2.29. The number of nitrogens with one attached hydrogen (secondary N) is 1. The minimum absolute atomic E-state index is 0.0825. The van der Waals surface area contributed by atoms with Crippen LogP contribution in [0.5, 0.6) is 0 Å². The van der Waals surface area contributed by atoms with Gasteiger partial charge in [0, 0.05) is 38.6 Å². The zero-order valence-electron chi connectivity index (χ0n) is 17.0. The maximum absolute atomic E-state index is 13.0. The summed E-state index contributed by atoms with van der Waals surface area (Å²) in [6.07, 6.45) is 5.05. The van der Waals surface area contributed by atoms with Crippen LogP contribution in [0.25, 0.3) is 0 Å². The molecule has 2 N–H and O–H groups in total. The zero-order chi connectivity index (χ0) is 20.8. The zero-order valence-corrected chi connectivity index (χ0v) is 17.0. The van der Waals surface area contributed by atoms with Gasteiger partial charge in [-0.3, -0.25) is 14.4 Å². The first kappa shape index (κ1) is 20.3. The highest BCUT2D eigenvalue weighted by Gasteiger charge is 2.22. The van der Waals surface area contributed by atoms with Gasteiger partial charge in [0.1, 0.15) is 0 Å². The predicted molar refractivity (Wildman–Crippen MR) is 116 cm³/mol. The van der Waals surface area contributed by atoms with Crippen LogP contribution in [-0.2, 0) is 17.9 Å². The number of aliphatic hydroxyl groups is 1. The second-order valence-corrected chi connectivity index (χ2v) is 7.84. The molecule has 156 valence electrons. The number of amides is 1. The Morgan fingerprint density at radius 1 is 1.03 bits per heavy atom. The largest absolute Gasteiger partial charge is 0.393 e. The third kappa shape index (κ3) is 5.14. The van der Waals surface area contributed by atoms with E-state index in [1.54, 1.807) is 10.9 Å². The first-order valence-corrected chi connectivity index (χ1v) is 10.5. The van der Waals surface area contributed by atoms with Crippen LogP contribution in [0.4, 0.5) is 0 Å². The second-order valence-electron chi connectivity index (χ2n) is 7.84. The van der Waals surface area contributed by atoms with Crippen LogP contribution < -0.4 is 5.32 Å². The SMILES string of the molecule is O=C(NCc1ccc(CN2CCC(O)CC2)cc1)C(c1ccccc1)n1cccn1. The third-order valence-electron chi connectivity index (χ3n) is 5.61. The van der Waals surface area contributed by atoms with E-state index in [0.717, 1.165) is 43.6 Å². The molecule has 0 spiro atoms. The average molecular weight is 405 g/mol. The number of rotatable bonds is 7. The van der Waals surface area contributed by atoms with Gasteiger partial charge in [0.2, 0.25) is 5.91 Å². The Morgan fingerprint density at radius 3 is 2.40 bits per heavy atom. The molecular formula is C24H28N4O2. The molecule has 0 saturated carbocycles. The van der Waals surface area contributed by atoms with Gasteiger partial charge in [-0.1, -0.05) is 54.6 Å². The summed E-state index contributed by atoms with van der Waals surface area (Å²) in [5.74, 6) is -0.0825. The molecule has 6 nitrogen and oxygen atoms in total. The van der Waals surface area contributed by atoms with Crippen LogP contribution in [-0.4, -0.2) is 44.9 Å². The fourth-order valence-electron chi connectivity index (χ4n) is 3.88. The van der Waals surface area contributed by atoms with Crippen LogP contribution >= 0.6 is 0 Å². The number of aliphatic hydroxyl groups excluding tert-OH is 1. The minimum atomic E-state index is -0.491. The first-order chi connectivity index (χ1) is 14.7. The fraction of sp³-hybridized carbons (Fsp3) is 0.333. The van der Waals surface area contributed by atoms with Crippen molar-refractivity contribution >= 4 is 5.91 Å². The molecule has 1 aliphatic rings. The van der Waals surface area contributed by atoms with Crippen LogP contribution in [0.15, 0.2) is 73.1 Å². The average Bonchev–Trinajstić information content (AvgIpc) is 3.30. The number of hydrogen-bond donors (Lipinski definition) is 2. The number of hydrogen-bond acceptors (Lipinski definition) is 4. The lowest BCUT2D eigenvalue weighted by atomic mass is 10.1. The molecular weight excluding hydrogens is 376 g/mol. The van der Waals surface area contributed by atoms with Gasteiger partial charge in [-0.2, -0.15) is 5.10 Å². The monoisotopic (exact) mass is 404 g/mol. The Morgan fingerprint density at radius 2 is 1.73 bits per heavy atom. The molecule has 1 aliphatic heterocycles. The number of carbonyl (C=O) groups excluding carboxylic acids is 1. The summed E-state index contributed by atoms with van der Waals surface area (Å²) in [7, 11) is 0. The number of likely N-dealkylation sites (tertiary alicyclic amines) is 1. The van der Waals surface area contributed by atoms with Gasteiger partial charge in [-0.05, 0) is 35.6 Å². The van der Waals surface area contributed by atoms with Gasteiger partial charge >= 0.3 is 0 Å². The summed E-state index contributed by atoms with van der Waals surface area (Å²) in [5, 5.41) is 17.0. The molecule has 2 aromatic carbocycles. The standard InChI is InChI=1S/C24H28N4O2/c29-22-11-15-27(16-12-22)18-20-9-7-19(8-10-20)17-25-24(30)23(28-14-4-13-26-28)21-5-2-1-3-6-21/h1-10,13-14,22-23,29H,11-12,15-18H2,(H,25,30). The van der Waals surface area contributed by atoms with E-state index in [0.29, 0.717) is 6.54 Å². The van der Waals surface area contributed by atoms with Gasteiger partial charge in [0.05, 0.1) is 6.10 Å². The van der Waals surface area contributed by atoms with E-state index in [1.807, 2.05) is 42.6 Å². The Bertz CT molecular complexity index is 918. The minimum Gasteiger partial charge on any atom is -0.393 e. The molecule has 1 aromatic heterocycles. The molecule has 0 radical (unpaired) electrons. The van der Waals surface area contributed by atoms with Crippen molar-refractivity contribution in [1.29, 1.82) is 0 Å². The second kappa shape index (κ2) is 9.69. The number of benzene rings is 2. The van der Waals surface area contributed by atoms with Gasteiger partial charge < -0.3 is 10.4 Å². The van der Waals surface area contributed by atoms with Crippen molar-refractivity contribution in [3.05, 3.63) is 89.7 Å². The molecule has 4 rings (SSSR count). The molecule has 1 saturated heterocycles. The number of aromatic nitrogens is 2. The molecule has 0 aliphatic carbocycles. The topological polar surface area (TPSA) is 70.4 Å². The van der Waals surface area contributed by atoms with Crippen molar-refractivity contribution in [2.24, 2.45) is 0 Å². The summed E-state index contributed by atoms with van der Waals surface area (Å²) in [6, 6.07) is 19.4. The van der Waals surface area contributed by atoms with Crippen molar-refractivity contribution in [3.63, 3.8) is 0 Å². The van der Waals surface area contributed by atoms with Crippen molar-refractivity contribution < 1.29 is 9.90 Å². The van der Waals surface area contributed by atoms with Crippen LogP contribution in [0.1, 0.15) is 35.6 Å². The molecule has 1 unspecified atom stereocenters. The highest BCUT2D eigenvalue weighted by molar-refractivity contribution is 5.83. The van der Waals surface area contributed by atoms with Crippen molar-refractivity contribution in [2.75, 3.05) is 13.1 Å². The summed E-state index contributed by atoms with van der Waals surface area (Å²) >= 11 is 0. The fourth-order valence-corrected chi connectivity index (χ4v) is 3.88. The molecule has 2 heterocycles. The van der Waals surface area contributed by atoms with Gasteiger partial charge in [-0.15, -0.1) is 0 Å². The molecule has 1 atom stereocenters. The van der Waals surface area contributed by atoms with E-state index < -0.39 is 6.04 Å². The van der Waals surface area contributed by atoms with Crippen LogP contribution in [0.2, 0.25) is 0 Å². The quantitative estimate of drug-likeness (QED) is 0.635. The normalized spacial score (nSPS) is 16.3.